The predicted molar refractivity (Wildman–Crippen MR) is 147 cm³/mol. The zero-order valence-electron chi connectivity index (χ0n) is 20.2. The quantitative estimate of drug-likeness (QED) is 0.115. The van der Waals surface area contributed by atoms with Crippen molar-refractivity contribution in [1.29, 1.82) is 0 Å². The van der Waals surface area contributed by atoms with Crippen LogP contribution in [0.5, 0.6) is 5.75 Å². The van der Waals surface area contributed by atoms with Gasteiger partial charge in [-0.3, -0.25) is 0 Å². The van der Waals surface area contributed by atoms with Crippen molar-refractivity contribution in [2.45, 2.75) is 12.8 Å². The van der Waals surface area contributed by atoms with Gasteiger partial charge < -0.3 is 10.5 Å². The van der Waals surface area contributed by atoms with Gasteiger partial charge in [-0.05, 0) is 60.1 Å². The zero-order chi connectivity index (χ0) is 27.8. The van der Waals surface area contributed by atoms with E-state index in [-0.39, 0.29) is 11.6 Å². The van der Waals surface area contributed by atoms with Crippen molar-refractivity contribution in [2.24, 2.45) is 20.8 Å². The number of aliphatic imine (C=N–C) groups is 2. The molecule has 0 amide bonds. The van der Waals surface area contributed by atoms with Crippen LogP contribution in [0.15, 0.2) is 81.8 Å². The number of thioether (sulfide) groups is 1. The van der Waals surface area contributed by atoms with E-state index in [9.17, 15) is 17.6 Å². The monoisotopic (exact) mass is 577 g/mol. The van der Waals surface area contributed by atoms with Gasteiger partial charge in [-0.15, -0.1) is 18.6 Å². The highest BCUT2D eigenvalue weighted by Crippen LogP contribution is 2.30. The number of benzene rings is 3. The first-order valence-electron chi connectivity index (χ1n) is 11.5. The van der Waals surface area contributed by atoms with E-state index < -0.39 is 12.2 Å². The normalized spacial score (nSPS) is 14.8. The smallest absolute Gasteiger partial charge is 0.406 e. The summed E-state index contributed by atoms with van der Waals surface area (Å²) in [6, 6.07) is 16.7. The first-order valence-corrected chi connectivity index (χ1v) is 12.9. The second-order valence-corrected chi connectivity index (χ2v) is 9.51. The molecule has 4 rings (SSSR count). The minimum atomic E-state index is -4.76. The Morgan fingerprint density at radius 1 is 1.08 bits per heavy atom. The molecule has 0 spiro atoms. The zero-order valence-corrected chi connectivity index (χ0v) is 21.8. The molecule has 13 heteroatoms. The fraction of sp³-hybridized carbons (Fsp3) is 0.154. The van der Waals surface area contributed by atoms with Gasteiger partial charge in [-0.25, -0.2) is 19.0 Å². The van der Waals surface area contributed by atoms with Crippen LogP contribution in [0.2, 0.25) is 5.02 Å². The highest BCUT2D eigenvalue weighted by Gasteiger charge is 2.31. The molecule has 0 atom stereocenters. The summed E-state index contributed by atoms with van der Waals surface area (Å²) in [6.45, 7) is 0.611. The van der Waals surface area contributed by atoms with Gasteiger partial charge in [0.15, 0.2) is 11.5 Å². The average molecular weight is 578 g/mol. The first kappa shape index (κ1) is 28.1. The summed E-state index contributed by atoms with van der Waals surface area (Å²) < 4.78 is 56.8. The number of hydrogen-bond donors (Lipinski definition) is 2. The summed E-state index contributed by atoms with van der Waals surface area (Å²) >= 11 is 7.78. The number of hydrazone groups is 1. The molecule has 1 aliphatic heterocycles. The van der Waals surface area contributed by atoms with E-state index in [1.807, 2.05) is 0 Å². The van der Waals surface area contributed by atoms with Crippen LogP contribution < -0.4 is 15.9 Å². The first-order chi connectivity index (χ1) is 18.7. The van der Waals surface area contributed by atoms with Crippen LogP contribution in [0.4, 0.5) is 28.9 Å². The van der Waals surface area contributed by atoms with Gasteiger partial charge in [0.2, 0.25) is 0 Å². The number of para-hydroxylation sites is 1. The van der Waals surface area contributed by atoms with Gasteiger partial charge in [0, 0.05) is 11.3 Å². The van der Waals surface area contributed by atoms with Crippen LogP contribution in [-0.2, 0) is 0 Å². The van der Waals surface area contributed by atoms with Crippen LogP contribution in [0.3, 0.4) is 0 Å². The highest BCUT2D eigenvalue weighted by molar-refractivity contribution is 8.13. The minimum absolute atomic E-state index is 0.198. The Labute approximate surface area is 230 Å². The largest absolute Gasteiger partial charge is 0.573 e. The SMILES string of the molecule is NC(=NC=Nc1ccc(OC(F)(F)F)cc1)c1ccc(/C=N/NC2=[N+](c3c(F)cccc3Cl)CCCS2)cc1. The minimum Gasteiger partial charge on any atom is -0.406 e. The molecule has 1 aliphatic rings. The Balaban J connectivity index is 1.38. The lowest BCUT2D eigenvalue weighted by molar-refractivity contribution is -0.443. The van der Waals surface area contributed by atoms with E-state index in [0.717, 1.165) is 29.9 Å². The van der Waals surface area contributed by atoms with Crippen molar-refractivity contribution in [3.05, 3.63) is 88.7 Å². The third-order valence-corrected chi connectivity index (χ3v) is 6.65. The lowest BCUT2D eigenvalue weighted by Crippen LogP contribution is -2.31. The van der Waals surface area contributed by atoms with Crippen molar-refractivity contribution in [3.63, 3.8) is 0 Å². The number of amidine groups is 2. The topological polar surface area (TPSA) is 87.4 Å². The molecule has 0 saturated heterocycles. The van der Waals surface area contributed by atoms with Crippen molar-refractivity contribution in [2.75, 3.05) is 12.3 Å². The number of nitrogens with one attached hydrogen (secondary N) is 1. The molecule has 3 aromatic rings. The van der Waals surface area contributed by atoms with E-state index in [1.54, 1.807) is 47.2 Å². The standard InChI is InChI=1S/C26H21ClF4N6OS/c27-21-3-1-4-22(28)23(21)37-13-2-14-39-25(37)36-35-15-17-5-7-18(8-6-17)24(32)34-16-33-19-9-11-20(12-10-19)38-26(29,30)31/h1,3-12,15-16H,2,13-14H2,(H2,32,33,34)/p+1/b35-15+. The lowest BCUT2D eigenvalue weighted by atomic mass is 10.1. The number of hydrogen-bond acceptors (Lipinski definition) is 5. The maximum atomic E-state index is 14.4. The number of halogens is 5. The maximum absolute atomic E-state index is 14.4. The van der Waals surface area contributed by atoms with Gasteiger partial charge in [0.1, 0.15) is 17.9 Å². The molecule has 0 bridgehead atoms. The number of rotatable bonds is 7. The second kappa shape index (κ2) is 12.8. The summed E-state index contributed by atoms with van der Waals surface area (Å²) in [5.74, 6) is 0.325. The van der Waals surface area contributed by atoms with Crippen molar-refractivity contribution in [1.82, 2.24) is 5.43 Å². The Morgan fingerprint density at radius 2 is 1.82 bits per heavy atom. The highest BCUT2D eigenvalue weighted by atomic mass is 35.5. The number of nitrogens with zero attached hydrogens (tertiary/aromatic N) is 4. The van der Waals surface area contributed by atoms with Crippen LogP contribution in [0.25, 0.3) is 0 Å². The van der Waals surface area contributed by atoms with E-state index in [2.05, 4.69) is 25.2 Å². The number of nitrogens with two attached hydrogens (primary N) is 1. The molecule has 39 heavy (non-hydrogen) atoms. The van der Waals surface area contributed by atoms with E-state index in [4.69, 9.17) is 17.3 Å². The molecule has 202 valence electrons. The fourth-order valence-corrected chi connectivity index (χ4v) is 4.68. The average Bonchev–Trinajstić information content (AvgIpc) is 2.90. The Bertz CT molecular complexity index is 1400. The Hall–Kier alpha value is -3.90. The van der Waals surface area contributed by atoms with Crippen molar-refractivity contribution >= 4 is 58.3 Å². The Kier molecular flexibility index (Phi) is 9.20. The van der Waals surface area contributed by atoms with E-state index >= 15 is 0 Å². The molecule has 3 N–H and O–H groups in total. The molecular weight excluding hydrogens is 556 g/mol. The van der Waals surface area contributed by atoms with Gasteiger partial charge in [-0.1, -0.05) is 47.0 Å². The van der Waals surface area contributed by atoms with Crippen molar-refractivity contribution in [3.8, 4) is 5.75 Å². The molecule has 0 radical (unpaired) electrons. The van der Waals surface area contributed by atoms with Crippen LogP contribution in [0, 0.1) is 5.82 Å². The lowest BCUT2D eigenvalue weighted by Gasteiger charge is -2.16. The van der Waals surface area contributed by atoms with Gasteiger partial charge in [0.05, 0.1) is 23.5 Å². The van der Waals surface area contributed by atoms with Crippen LogP contribution >= 0.6 is 23.4 Å². The Morgan fingerprint density at radius 3 is 2.51 bits per heavy atom. The maximum Gasteiger partial charge on any atom is 0.573 e. The third kappa shape index (κ3) is 8.04. The summed E-state index contributed by atoms with van der Waals surface area (Å²) in [6.07, 6.45) is -1.05. The van der Waals surface area contributed by atoms with Gasteiger partial charge in [0.25, 0.3) is 0 Å². The molecule has 0 fully saturated rings. The number of ether oxygens (including phenoxy) is 1. The molecule has 0 unspecified atom stereocenters. The fourth-order valence-electron chi connectivity index (χ4n) is 3.49. The second-order valence-electron chi connectivity index (χ2n) is 8.02. The molecule has 3 aromatic carbocycles. The summed E-state index contributed by atoms with van der Waals surface area (Å²) in [5.41, 5.74) is 11.1. The predicted octanol–water partition coefficient (Wildman–Crippen LogP) is 6.20. The van der Waals surface area contributed by atoms with E-state index in [1.165, 1.54) is 36.3 Å². The number of alkyl halides is 3. The van der Waals surface area contributed by atoms with E-state index in [0.29, 0.717) is 33.7 Å². The third-order valence-electron chi connectivity index (χ3n) is 5.27. The van der Waals surface area contributed by atoms with Crippen LogP contribution in [0.1, 0.15) is 17.5 Å². The van der Waals surface area contributed by atoms with Crippen LogP contribution in [-0.4, -0.2) is 46.8 Å². The molecular formula is C26H22ClF4N6OS+. The summed E-state index contributed by atoms with van der Waals surface area (Å²) in [4.78, 5) is 8.12. The molecule has 7 nitrogen and oxygen atoms in total. The van der Waals surface area contributed by atoms with Gasteiger partial charge >= 0.3 is 11.5 Å². The molecule has 1 heterocycles. The molecule has 0 aromatic heterocycles. The molecule has 0 saturated carbocycles. The summed E-state index contributed by atoms with van der Waals surface area (Å²) in [5, 5.41) is 5.30. The molecule has 0 aliphatic carbocycles. The van der Waals surface area contributed by atoms with Gasteiger partial charge in [-0.2, -0.15) is 0 Å². The summed E-state index contributed by atoms with van der Waals surface area (Å²) in [7, 11) is 0. The van der Waals surface area contributed by atoms with Crippen molar-refractivity contribution < 1.29 is 26.9 Å².